The van der Waals surface area contributed by atoms with Gasteiger partial charge in [0.1, 0.15) is 5.75 Å². The standard InChI is InChI=1S/C9H14N2O3S/c1-7(11-15(10,12)13)8-4-3-5-9(6-8)14-2/h3-7,11H,1-2H3,(H2,10,12,13). The Balaban J connectivity index is 2.86. The highest BCUT2D eigenvalue weighted by atomic mass is 32.2. The molecule has 1 aromatic rings. The first-order valence-electron chi connectivity index (χ1n) is 4.36. The van der Waals surface area contributed by atoms with E-state index in [2.05, 4.69) is 4.72 Å². The normalized spacial score (nSPS) is 13.5. The quantitative estimate of drug-likeness (QED) is 0.792. The van der Waals surface area contributed by atoms with E-state index in [-0.39, 0.29) is 6.04 Å². The van der Waals surface area contributed by atoms with Gasteiger partial charge in [-0.1, -0.05) is 12.1 Å². The van der Waals surface area contributed by atoms with E-state index >= 15 is 0 Å². The number of rotatable bonds is 4. The van der Waals surface area contributed by atoms with Gasteiger partial charge in [0.15, 0.2) is 0 Å². The Morgan fingerprint density at radius 2 is 2.13 bits per heavy atom. The van der Waals surface area contributed by atoms with Gasteiger partial charge in [0, 0.05) is 6.04 Å². The van der Waals surface area contributed by atoms with E-state index in [1.807, 2.05) is 0 Å². The van der Waals surface area contributed by atoms with Crippen LogP contribution in [0.4, 0.5) is 0 Å². The summed E-state index contributed by atoms with van der Waals surface area (Å²) in [4.78, 5) is 0. The lowest BCUT2D eigenvalue weighted by Crippen LogP contribution is -2.32. The van der Waals surface area contributed by atoms with Crippen LogP contribution in [0.5, 0.6) is 5.75 Å². The van der Waals surface area contributed by atoms with E-state index in [9.17, 15) is 8.42 Å². The molecule has 0 radical (unpaired) electrons. The van der Waals surface area contributed by atoms with Crippen molar-refractivity contribution in [2.45, 2.75) is 13.0 Å². The molecule has 0 amide bonds. The van der Waals surface area contributed by atoms with E-state index in [1.54, 1.807) is 38.3 Å². The molecule has 0 aliphatic rings. The van der Waals surface area contributed by atoms with Crippen molar-refractivity contribution in [3.8, 4) is 5.75 Å². The van der Waals surface area contributed by atoms with Crippen LogP contribution in [-0.4, -0.2) is 15.5 Å². The van der Waals surface area contributed by atoms with Gasteiger partial charge in [-0.3, -0.25) is 0 Å². The lowest BCUT2D eigenvalue weighted by Gasteiger charge is -2.12. The summed E-state index contributed by atoms with van der Waals surface area (Å²) in [6.07, 6.45) is 0. The number of benzene rings is 1. The molecule has 0 fully saturated rings. The van der Waals surface area contributed by atoms with Gasteiger partial charge in [0.05, 0.1) is 7.11 Å². The minimum Gasteiger partial charge on any atom is -0.497 e. The third kappa shape index (κ3) is 3.86. The second kappa shape index (κ2) is 4.61. The number of methoxy groups -OCH3 is 1. The Morgan fingerprint density at radius 1 is 1.47 bits per heavy atom. The SMILES string of the molecule is COc1cccc(C(C)NS(N)(=O)=O)c1. The fraction of sp³-hybridized carbons (Fsp3) is 0.333. The minimum absolute atomic E-state index is 0.380. The molecule has 1 unspecified atom stereocenters. The minimum atomic E-state index is -3.68. The van der Waals surface area contributed by atoms with Gasteiger partial charge in [-0.05, 0) is 24.6 Å². The Labute approximate surface area is 89.4 Å². The molecule has 0 aliphatic carbocycles. The van der Waals surface area contributed by atoms with E-state index in [4.69, 9.17) is 9.88 Å². The fourth-order valence-electron chi connectivity index (χ4n) is 1.23. The molecule has 0 aromatic heterocycles. The summed E-state index contributed by atoms with van der Waals surface area (Å²) in [7, 11) is -2.13. The molecule has 0 saturated carbocycles. The highest BCUT2D eigenvalue weighted by Gasteiger charge is 2.11. The van der Waals surface area contributed by atoms with E-state index in [0.717, 1.165) is 5.56 Å². The van der Waals surface area contributed by atoms with Gasteiger partial charge in [0.25, 0.3) is 10.2 Å². The number of nitrogens with two attached hydrogens (primary N) is 1. The van der Waals surface area contributed by atoms with E-state index in [0.29, 0.717) is 5.75 Å². The highest BCUT2D eigenvalue weighted by molar-refractivity contribution is 7.87. The van der Waals surface area contributed by atoms with Crippen LogP contribution >= 0.6 is 0 Å². The molecule has 15 heavy (non-hydrogen) atoms. The predicted octanol–water partition coefficient (Wildman–Crippen LogP) is 0.549. The van der Waals surface area contributed by atoms with Crippen LogP contribution in [0.2, 0.25) is 0 Å². The zero-order valence-electron chi connectivity index (χ0n) is 8.60. The Morgan fingerprint density at radius 3 is 2.67 bits per heavy atom. The third-order valence-electron chi connectivity index (χ3n) is 1.93. The maximum absolute atomic E-state index is 10.8. The molecule has 0 aliphatic heterocycles. The lowest BCUT2D eigenvalue weighted by molar-refractivity contribution is 0.413. The van der Waals surface area contributed by atoms with Gasteiger partial charge < -0.3 is 4.74 Å². The average molecular weight is 230 g/mol. The van der Waals surface area contributed by atoms with Crippen LogP contribution in [0.1, 0.15) is 18.5 Å². The van der Waals surface area contributed by atoms with Crippen LogP contribution < -0.4 is 14.6 Å². The molecular formula is C9H14N2O3S. The van der Waals surface area contributed by atoms with Crippen molar-refractivity contribution in [2.24, 2.45) is 5.14 Å². The fourth-order valence-corrected chi connectivity index (χ4v) is 1.85. The van der Waals surface area contributed by atoms with Crippen LogP contribution in [-0.2, 0) is 10.2 Å². The van der Waals surface area contributed by atoms with Gasteiger partial charge >= 0.3 is 0 Å². The van der Waals surface area contributed by atoms with Crippen molar-refractivity contribution in [1.82, 2.24) is 4.72 Å². The molecular weight excluding hydrogens is 216 g/mol. The Kier molecular flexibility index (Phi) is 3.67. The predicted molar refractivity (Wildman–Crippen MR) is 57.7 cm³/mol. The average Bonchev–Trinajstić information content (AvgIpc) is 2.15. The molecule has 1 rings (SSSR count). The Hall–Kier alpha value is -1.11. The van der Waals surface area contributed by atoms with Crippen molar-refractivity contribution >= 4 is 10.2 Å². The summed E-state index contributed by atoms with van der Waals surface area (Å²) in [6, 6.07) is 6.74. The first-order valence-corrected chi connectivity index (χ1v) is 5.91. The zero-order valence-corrected chi connectivity index (χ0v) is 9.41. The smallest absolute Gasteiger partial charge is 0.274 e. The highest BCUT2D eigenvalue weighted by Crippen LogP contribution is 2.18. The third-order valence-corrected chi connectivity index (χ3v) is 2.62. The van der Waals surface area contributed by atoms with Crippen LogP contribution in [0.3, 0.4) is 0 Å². The Bertz CT molecular complexity index is 431. The van der Waals surface area contributed by atoms with Crippen molar-refractivity contribution in [2.75, 3.05) is 7.11 Å². The number of nitrogens with one attached hydrogen (secondary N) is 1. The molecule has 0 saturated heterocycles. The molecule has 1 aromatic carbocycles. The van der Waals surface area contributed by atoms with Gasteiger partial charge in [-0.25, -0.2) is 5.14 Å². The summed E-state index contributed by atoms with van der Waals surface area (Å²) < 4.78 is 28.9. The zero-order chi connectivity index (χ0) is 11.5. The maximum atomic E-state index is 10.8. The van der Waals surface area contributed by atoms with Crippen molar-refractivity contribution in [1.29, 1.82) is 0 Å². The van der Waals surface area contributed by atoms with E-state index < -0.39 is 10.2 Å². The molecule has 3 N–H and O–H groups in total. The number of hydrogen-bond acceptors (Lipinski definition) is 3. The van der Waals surface area contributed by atoms with E-state index in [1.165, 1.54) is 0 Å². The molecule has 1 atom stereocenters. The lowest BCUT2D eigenvalue weighted by atomic mass is 10.1. The van der Waals surface area contributed by atoms with Crippen LogP contribution in [0.15, 0.2) is 24.3 Å². The van der Waals surface area contributed by atoms with Crippen molar-refractivity contribution in [3.05, 3.63) is 29.8 Å². The molecule has 0 heterocycles. The van der Waals surface area contributed by atoms with Crippen LogP contribution in [0, 0.1) is 0 Å². The van der Waals surface area contributed by atoms with Gasteiger partial charge in [0.2, 0.25) is 0 Å². The monoisotopic (exact) mass is 230 g/mol. The molecule has 0 spiro atoms. The molecule has 5 nitrogen and oxygen atoms in total. The summed E-state index contributed by atoms with van der Waals surface area (Å²) in [5, 5.41) is 4.87. The molecule has 6 heteroatoms. The summed E-state index contributed by atoms with van der Waals surface area (Å²) in [5.74, 6) is 0.676. The largest absolute Gasteiger partial charge is 0.497 e. The second-order valence-electron chi connectivity index (χ2n) is 3.16. The van der Waals surface area contributed by atoms with Crippen LogP contribution in [0.25, 0.3) is 0 Å². The molecule has 0 bridgehead atoms. The molecule has 84 valence electrons. The van der Waals surface area contributed by atoms with Crippen molar-refractivity contribution < 1.29 is 13.2 Å². The first kappa shape index (κ1) is 12.0. The van der Waals surface area contributed by atoms with Gasteiger partial charge in [-0.2, -0.15) is 13.1 Å². The summed E-state index contributed by atoms with van der Waals surface area (Å²) in [5.41, 5.74) is 0.795. The van der Waals surface area contributed by atoms with Crippen molar-refractivity contribution in [3.63, 3.8) is 0 Å². The summed E-state index contributed by atoms with van der Waals surface area (Å²) >= 11 is 0. The summed E-state index contributed by atoms with van der Waals surface area (Å²) in [6.45, 7) is 1.71. The number of hydrogen-bond donors (Lipinski definition) is 2. The second-order valence-corrected chi connectivity index (χ2v) is 4.49. The first-order chi connectivity index (χ1) is 6.92. The topological polar surface area (TPSA) is 81.4 Å². The number of ether oxygens (including phenoxy) is 1. The maximum Gasteiger partial charge on any atom is 0.274 e. The van der Waals surface area contributed by atoms with Gasteiger partial charge in [-0.15, -0.1) is 0 Å².